The minimum Gasteiger partial charge on any atom is -0.366 e. The van der Waals surface area contributed by atoms with E-state index in [1.807, 2.05) is 25.3 Å². The first-order valence-electron chi connectivity index (χ1n) is 10.7. The molecule has 31 heavy (non-hydrogen) atoms. The lowest BCUT2D eigenvalue weighted by atomic mass is 10.0. The second-order valence-corrected chi connectivity index (χ2v) is 8.06. The highest BCUT2D eigenvalue weighted by molar-refractivity contribution is 6.05. The van der Waals surface area contributed by atoms with E-state index in [9.17, 15) is 4.79 Å². The number of benzene rings is 1. The number of nitrogens with zero attached hydrogens (tertiary/aromatic N) is 5. The summed E-state index contributed by atoms with van der Waals surface area (Å²) >= 11 is 0. The third kappa shape index (κ3) is 4.82. The maximum absolute atomic E-state index is 12.7. The van der Waals surface area contributed by atoms with Gasteiger partial charge in [-0.25, -0.2) is 9.97 Å². The van der Waals surface area contributed by atoms with Gasteiger partial charge in [-0.2, -0.15) is 0 Å². The molecule has 3 heterocycles. The Bertz CT molecular complexity index is 1040. The zero-order valence-corrected chi connectivity index (χ0v) is 18.2. The van der Waals surface area contributed by atoms with Gasteiger partial charge in [0.2, 0.25) is 0 Å². The third-order valence-electron chi connectivity index (χ3n) is 5.57. The molecule has 0 spiro atoms. The van der Waals surface area contributed by atoms with Crippen molar-refractivity contribution >= 4 is 23.1 Å². The molecule has 1 saturated heterocycles. The molecule has 160 valence electrons. The number of piperazine rings is 1. The summed E-state index contributed by atoms with van der Waals surface area (Å²) in [5.41, 5.74) is 3.68. The number of rotatable bonds is 5. The molecule has 0 aliphatic carbocycles. The van der Waals surface area contributed by atoms with Crippen molar-refractivity contribution in [1.29, 1.82) is 0 Å². The number of aromatic nitrogens is 3. The van der Waals surface area contributed by atoms with E-state index in [-0.39, 0.29) is 5.91 Å². The van der Waals surface area contributed by atoms with Gasteiger partial charge >= 0.3 is 0 Å². The minimum absolute atomic E-state index is 0.151. The molecule has 4 rings (SSSR count). The van der Waals surface area contributed by atoms with E-state index in [1.54, 1.807) is 24.5 Å². The van der Waals surface area contributed by atoms with Crippen molar-refractivity contribution in [2.75, 3.05) is 41.3 Å². The van der Waals surface area contributed by atoms with E-state index in [4.69, 9.17) is 0 Å². The Hall–Kier alpha value is -3.48. The molecule has 7 heteroatoms. The number of carbonyl (C=O) groups excluding carboxylic acids is 1. The molecule has 3 aromatic rings. The molecule has 1 amide bonds. The van der Waals surface area contributed by atoms with Gasteiger partial charge in [0.05, 0.1) is 16.9 Å². The average Bonchev–Trinajstić information content (AvgIpc) is 2.80. The first-order valence-corrected chi connectivity index (χ1v) is 10.7. The lowest BCUT2D eigenvalue weighted by Gasteiger charge is -2.37. The third-order valence-corrected chi connectivity index (χ3v) is 5.57. The van der Waals surface area contributed by atoms with E-state index in [0.717, 1.165) is 49.2 Å². The molecule has 0 saturated carbocycles. The zero-order chi connectivity index (χ0) is 21.8. The molecule has 1 fully saturated rings. The Balaban J connectivity index is 1.55. The van der Waals surface area contributed by atoms with Gasteiger partial charge in [0.15, 0.2) is 0 Å². The summed E-state index contributed by atoms with van der Waals surface area (Å²) in [7, 11) is 0. The Morgan fingerprint density at radius 3 is 2.48 bits per heavy atom. The van der Waals surface area contributed by atoms with E-state index in [2.05, 4.69) is 56.0 Å². The van der Waals surface area contributed by atoms with Crippen LogP contribution in [0.25, 0.3) is 0 Å². The van der Waals surface area contributed by atoms with Crippen molar-refractivity contribution in [2.45, 2.75) is 26.7 Å². The monoisotopic (exact) mass is 416 g/mol. The molecular formula is C24H28N6O. The summed E-state index contributed by atoms with van der Waals surface area (Å²) in [6.07, 6.45) is 5.06. The fourth-order valence-corrected chi connectivity index (χ4v) is 3.76. The highest BCUT2D eigenvalue weighted by atomic mass is 16.1. The quantitative estimate of drug-likeness (QED) is 0.680. The fraction of sp³-hybridized carbons (Fsp3) is 0.333. The molecule has 0 radical (unpaired) electrons. The molecule has 0 atom stereocenters. The number of pyridine rings is 1. The molecule has 1 aliphatic heterocycles. The van der Waals surface area contributed by atoms with Gasteiger partial charge in [0.25, 0.3) is 5.91 Å². The number of hydrogen-bond donors (Lipinski definition) is 1. The molecule has 1 aliphatic rings. The van der Waals surface area contributed by atoms with Crippen LogP contribution in [0.3, 0.4) is 0 Å². The van der Waals surface area contributed by atoms with E-state index < -0.39 is 0 Å². The van der Waals surface area contributed by atoms with Crippen LogP contribution in [-0.4, -0.2) is 47.0 Å². The highest BCUT2D eigenvalue weighted by Gasteiger charge is 2.22. The number of amides is 1. The molecule has 7 nitrogen and oxygen atoms in total. The predicted octanol–water partition coefficient (Wildman–Crippen LogP) is 3.88. The Kier molecular flexibility index (Phi) is 6.11. The summed E-state index contributed by atoms with van der Waals surface area (Å²) in [6.45, 7) is 9.69. The normalized spacial score (nSPS) is 14.1. The van der Waals surface area contributed by atoms with Crippen LogP contribution < -0.4 is 15.1 Å². The topological polar surface area (TPSA) is 74.2 Å². The maximum Gasteiger partial charge on any atom is 0.257 e. The van der Waals surface area contributed by atoms with Gasteiger partial charge in [-0.3, -0.25) is 9.78 Å². The maximum atomic E-state index is 12.7. The zero-order valence-electron chi connectivity index (χ0n) is 18.2. The summed E-state index contributed by atoms with van der Waals surface area (Å²) in [5, 5.41) is 3.09. The molecular weight excluding hydrogens is 388 g/mol. The minimum atomic E-state index is -0.151. The van der Waals surface area contributed by atoms with Crippen LogP contribution in [0.15, 0.2) is 55.0 Å². The highest BCUT2D eigenvalue weighted by Crippen LogP contribution is 2.31. The number of aryl methyl sites for hydroxylation is 1. The summed E-state index contributed by atoms with van der Waals surface area (Å²) in [5.74, 6) is 2.01. The first kappa shape index (κ1) is 20.8. The molecule has 0 unspecified atom stereocenters. The second-order valence-electron chi connectivity index (χ2n) is 8.06. The molecule has 1 N–H and O–H groups in total. The van der Waals surface area contributed by atoms with Crippen molar-refractivity contribution in [3.63, 3.8) is 0 Å². The van der Waals surface area contributed by atoms with Gasteiger partial charge in [-0.15, -0.1) is 0 Å². The molecule has 2 aromatic heterocycles. The van der Waals surface area contributed by atoms with Crippen LogP contribution in [0.4, 0.5) is 17.2 Å². The van der Waals surface area contributed by atoms with Crippen molar-refractivity contribution in [1.82, 2.24) is 15.0 Å². The number of anilines is 3. The summed E-state index contributed by atoms with van der Waals surface area (Å²) in [4.78, 5) is 30.2. The van der Waals surface area contributed by atoms with Crippen LogP contribution in [0, 0.1) is 6.92 Å². The van der Waals surface area contributed by atoms with Crippen molar-refractivity contribution < 1.29 is 4.79 Å². The molecule has 0 bridgehead atoms. The van der Waals surface area contributed by atoms with Crippen molar-refractivity contribution in [2.24, 2.45) is 0 Å². The SMILES string of the molecule is Cc1nccc(N2CCN(c3cc(C(C)C)ccc3NC(=O)c3cccnc3)CC2)n1. The predicted molar refractivity (Wildman–Crippen MR) is 124 cm³/mol. The Labute approximate surface area is 183 Å². The fourth-order valence-electron chi connectivity index (χ4n) is 3.76. The van der Waals surface area contributed by atoms with Crippen molar-refractivity contribution in [3.05, 3.63) is 71.9 Å². The Morgan fingerprint density at radius 2 is 1.81 bits per heavy atom. The van der Waals surface area contributed by atoms with Gasteiger partial charge < -0.3 is 15.1 Å². The summed E-state index contributed by atoms with van der Waals surface area (Å²) < 4.78 is 0. The Morgan fingerprint density at radius 1 is 1.03 bits per heavy atom. The van der Waals surface area contributed by atoms with Crippen molar-refractivity contribution in [3.8, 4) is 0 Å². The van der Waals surface area contributed by atoms with Gasteiger partial charge in [0, 0.05) is 44.8 Å². The molecule has 1 aromatic carbocycles. The van der Waals surface area contributed by atoms with Gasteiger partial charge in [-0.1, -0.05) is 19.9 Å². The second kappa shape index (κ2) is 9.12. The van der Waals surface area contributed by atoms with E-state index in [1.165, 1.54) is 5.56 Å². The van der Waals surface area contributed by atoms with Crippen LogP contribution in [0.2, 0.25) is 0 Å². The van der Waals surface area contributed by atoms with Crippen LogP contribution in [-0.2, 0) is 0 Å². The number of nitrogens with one attached hydrogen (secondary N) is 1. The van der Waals surface area contributed by atoms with Crippen LogP contribution >= 0.6 is 0 Å². The summed E-state index contributed by atoms with van der Waals surface area (Å²) in [6, 6.07) is 11.8. The average molecular weight is 417 g/mol. The van der Waals surface area contributed by atoms with Gasteiger partial charge in [-0.05, 0) is 48.7 Å². The van der Waals surface area contributed by atoms with Gasteiger partial charge in [0.1, 0.15) is 11.6 Å². The standard InChI is InChI=1S/C24H28N6O/c1-17(2)19-6-7-21(28-24(31)20-5-4-9-25-16-20)22(15-19)29-11-13-30(14-12-29)23-8-10-26-18(3)27-23/h4-10,15-17H,11-14H2,1-3H3,(H,28,31). The number of carbonyl (C=O) groups is 1. The van der Waals surface area contributed by atoms with Crippen LogP contribution in [0.1, 0.15) is 41.5 Å². The largest absolute Gasteiger partial charge is 0.366 e. The lowest BCUT2D eigenvalue weighted by Crippen LogP contribution is -2.47. The van der Waals surface area contributed by atoms with E-state index >= 15 is 0 Å². The van der Waals surface area contributed by atoms with E-state index in [0.29, 0.717) is 11.5 Å². The smallest absolute Gasteiger partial charge is 0.257 e. The van der Waals surface area contributed by atoms with Crippen LogP contribution in [0.5, 0.6) is 0 Å². The first-order chi connectivity index (χ1) is 15.0. The number of hydrogen-bond acceptors (Lipinski definition) is 6. The lowest BCUT2D eigenvalue weighted by molar-refractivity contribution is 0.102.